The van der Waals surface area contributed by atoms with Crippen molar-refractivity contribution in [2.24, 2.45) is 5.41 Å². The minimum absolute atomic E-state index is 0.0715. The molecule has 1 aromatic carbocycles. The van der Waals surface area contributed by atoms with E-state index in [9.17, 15) is 15.0 Å². The number of carbonyl (C=O) groups is 1. The van der Waals surface area contributed by atoms with Crippen molar-refractivity contribution in [1.29, 1.82) is 0 Å². The highest BCUT2D eigenvalue weighted by molar-refractivity contribution is 7.22. The second-order valence-electron chi connectivity index (χ2n) is 6.99. The number of aromatic nitrogens is 1. The molecule has 1 amide bonds. The molecule has 2 atom stereocenters. The largest absolute Gasteiger partial charge is 0.396 e. The summed E-state index contributed by atoms with van der Waals surface area (Å²) in [5.74, 6) is -0.0715. The fourth-order valence-corrected chi connectivity index (χ4v) is 4.67. The Morgan fingerprint density at radius 1 is 1.52 bits per heavy atom. The molecule has 1 saturated heterocycles. The minimum atomic E-state index is -0.628. The summed E-state index contributed by atoms with van der Waals surface area (Å²) in [6.45, 7) is 4.70. The number of rotatable bonds is 4. The summed E-state index contributed by atoms with van der Waals surface area (Å²) in [7, 11) is 0. The molecule has 0 bridgehead atoms. The number of benzene rings is 1. The van der Waals surface area contributed by atoms with Gasteiger partial charge in [0.25, 0.3) is 5.91 Å². The van der Waals surface area contributed by atoms with Crippen LogP contribution in [0.4, 0.5) is 5.13 Å². The zero-order chi connectivity index (χ0) is 18.2. The van der Waals surface area contributed by atoms with Gasteiger partial charge in [0.05, 0.1) is 22.9 Å². The Kier molecular flexibility index (Phi) is 4.99. The van der Waals surface area contributed by atoms with E-state index >= 15 is 0 Å². The molecule has 0 spiro atoms. The van der Waals surface area contributed by atoms with Crippen LogP contribution in [0.5, 0.6) is 0 Å². The van der Waals surface area contributed by atoms with Gasteiger partial charge in [-0.1, -0.05) is 24.7 Å². The Bertz CT molecular complexity index is 791. The van der Waals surface area contributed by atoms with E-state index < -0.39 is 11.5 Å². The molecule has 1 aliphatic rings. The van der Waals surface area contributed by atoms with Crippen molar-refractivity contribution in [2.75, 3.05) is 25.4 Å². The number of hydrogen-bond donors (Lipinski definition) is 3. The van der Waals surface area contributed by atoms with Gasteiger partial charge in [0.1, 0.15) is 0 Å². The lowest BCUT2D eigenvalue weighted by molar-refractivity contribution is -0.0720. The number of nitrogens with zero attached hydrogens (tertiary/aromatic N) is 2. The third-order valence-electron chi connectivity index (χ3n) is 5.18. The number of thiazole rings is 1. The van der Waals surface area contributed by atoms with Gasteiger partial charge in [0, 0.05) is 24.1 Å². The molecule has 0 unspecified atom stereocenters. The van der Waals surface area contributed by atoms with Gasteiger partial charge < -0.3 is 20.8 Å². The van der Waals surface area contributed by atoms with Gasteiger partial charge in [-0.3, -0.25) is 4.79 Å². The number of aliphatic hydroxyl groups is 2. The summed E-state index contributed by atoms with van der Waals surface area (Å²) in [6, 6.07) is 3.68. The standard InChI is InChI=1S/C18H25N3O3S/c1-3-5-18(10-22)9-21(6-4-14(18)23)16(24)12-7-11(2)15-13(8-12)25-17(19)20-15/h7-8,14,22-23H,3-6,9-10H2,1-2H3,(H2,19,20)/t14-,18+/m1/s1. The Labute approximate surface area is 151 Å². The maximum Gasteiger partial charge on any atom is 0.253 e. The highest BCUT2D eigenvalue weighted by atomic mass is 32.1. The predicted molar refractivity (Wildman–Crippen MR) is 99.7 cm³/mol. The van der Waals surface area contributed by atoms with E-state index in [1.165, 1.54) is 11.3 Å². The Morgan fingerprint density at radius 2 is 2.28 bits per heavy atom. The summed E-state index contributed by atoms with van der Waals surface area (Å²) in [5.41, 5.74) is 7.52. The van der Waals surface area contributed by atoms with Crippen LogP contribution in [0.3, 0.4) is 0 Å². The number of aliphatic hydroxyl groups excluding tert-OH is 2. The molecule has 2 aromatic rings. The lowest BCUT2D eigenvalue weighted by Crippen LogP contribution is -2.55. The molecule has 0 radical (unpaired) electrons. The van der Waals surface area contributed by atoms with E-state index in [4.69, 9.17) is 5.73 Å². The van der Waals surface area contributed by atoms with Crippen LogP contribution in [0.15, 0.2) is 12.1 Å². The number of nitrogens with two attached hydrogens (primary N) is 1. The SMILES string of the molecule is CCC[C@@]1(CO)CN(C(=O)c2cc(C)c3nc(N)sc3c2)CC[C@H]1O. The topological polar surface area (TPSA) is 99.7 Å². The molecule has 1 aliphatic heterocycles. The summed E-state index contributed by atoms with van der Waals surface area (Å²) in [6.07, 6.45) is 1.45. The number of anilines is 1. The third kappa shape index (κ3) is 3.23. The van der Waals surface area contributed by atoms with Crippen molar-refractivity contribution in [2.45, 2.75) is 39.2 Å². The van der Waals surface area contributed by atoms with Gasteiger partial charge in [0.2, 0.25) is 0 Å². The van der Waals surface area contributed by atoms with Gasteiger partial charge in [-0.15, -0.1) is 0 Å². The zero-order valence-electron chi connectivity index (χ0n) is 14.7. The van der Waals surface area contributed by atoms with Crippen molar-refractivity contribution >= 4 is 32.6 Å². The van der Waals surface area contributed by atoms with E-state index in [1.54, 1.807) is 4.90 Å². The van der Waals surface area contributed by atoms with Crippen LogP contribution in [-0.2, 0) is 0 Å². The van der Waals surface area contributed by atoms with Gasteiger partial charge in [-0.05, 0) is 37.5 Å². The Hall–Kier alpha value is -1.70. The molecule has 3 rings (SSSR count). The molecule has 2 heterocycles. The molecular formula is C18H25N3O3S. The van der Waals surface area contributed by atoms with Crippen LogP contribution < -0.4 is 5.73 Å². The smallest absolute Gasteiger partial charge is 0.253 e. The normalized spacial score (nSPS) is 24.0. The number of fused-ring (bicyclic) bond motifs is 1. The van der Waals surface area contributed by atoms with E-state index in [2.05, 4.69) is 4.98 Å². The van der Waals surface area contributed by atoms with Crippen LogP contribution in [0, 0.1) is 12.3 Å². The van der Waals surface area contributed by atoms with E-state index in [0.717, 1.165) is 22.2 Å². The number of piperidine rings is 1. The van der Waals surface area contributed by atoms with Crippen molar-refractivity contribution in [3.8, 4) is 0 Å². The number of likely N-dealkylation sites (tertiary alicyclic amines) is 1. The monoisotopic (exact) mass is 363 g/mol. The first-order valence-corrected chi connectivity index (χ1v) is 9.46. The molecule has 1 aromatic heterocycles. The number of amides is 1. The van der Waals surface area contributed by atoms with E-state index in [1.807, 2.05) is 26.0 Å². The number of carbonyl (C=O) groups excluding carboxylic acids is 1. The summed E-state index contributed by atoms with van der Waals surface area (Å²) in [5, 5.41) is 20.8. The number of nitrogen functional groups attached to an aromatic ring is 1. The predicted octanol–water partition coefficient (Wildman–Crippen LogP) is 2.17. The highest BCUT2D eigenvalue weighted by Gasteiger charge is 2.43. The molecule has 7 heteroatoms. The van der Waals surface area contributed by atoms with E-state index in [-0.39, 0.29) is 12.5 Å². The Balaban J connectivity index is 1.90. The average Bonchev–Trinajstić information content (AvgIpc) is 2.97. The molecule has 136 valence electrons. The van der Waals surface area contributed by atoms with E-state index in [0.29, 0.717) is 36.6 Å². The van der Waals surface area contributed by atoms with Crippen LogP contribution >= 0.6 is 11.3 Å². The quantitative estimate of drug-likeness (QED) is 0.773. The van der Waals surface area contributed by atoms with Gasteiger partial charge in [-0.25, -0.2) is 4.98 Å². The van der Waals surface area contributed by atoms with Gasteiger partial charge in [-0.2, -0.15) is 0 Å². The Morgan fingerprint density at radius 3 is 2.96 bits per heavy atom. The van der Waals surface area contributed by atoms with Crippen LogP contribution in [-0.4, -0.2) is 51.8 Å². The molecule has 0 saturated carbocycles. The molecule has 25 heavy (non-hydrogen) atoms. The summed E-state index contributed by atoms with van der Waals surface area (Å²) in [4.78, 5) is 19.1. The van der Waals surface area contributed by atoms with Crippen molar-refractivity contribution in [1.82, 2.24) is 9.88 Å². The number of hydrogen-bond acceptors (Lipinski definition) is 6. The van der Waals surface area contributed by atoms with Crippen LogP contribution in [0.25, 0.3) is 10.2 Å². The van der Waals surface area contributed by atoms with Crippen molar-refractivity contribution in [3.05, 3.63) is 23.3 Å². The zero-order valence-corrected chi connectivity index (χ0v) is 15.5. The van der Waals surface area contributed by atoms with Gasteiger partial charge in [0.15, 0.2) is 5.13 Å². The second-order valence-corrected chi connectivity index (χ2v) is 8.06. The van der Waals surface area contributed by atoms with Crippen LogP contribution in [0.1, 0.15) is 42.1 Å². The summed E-state index contributed by atoms with van der Waals surface area (Å²) >= 11 is 1.37. The van der Waals surface area contributed by atoms with Crippen molar-refractivity contribution in [3.63, 3.8) is 0 Å². The fraction of sp³-hybridized carbons (Fsp3) is 0.556. The molecular weight excluding hydrogens is 338 g/mol. The second kappa shape index (κ2) is 6.90. The van der Waals surface area contributed by atoms with Gasteiger partial charge >= 0.3 is 0 Å². The fourth-order valence-electron chi connectivity index (χ4n) is 3.82. The molecule has 6 nitrogen and oxygen atoms in total. The number of aryl methyl sites for hydroxylation is 1. The summed E-state index contributed by atoms with van der Waals surface area (Å²) < 4.78 is 0.903. The lowest BCUT2D eigenvalue weighted by atomic mass is 9.74. The lowest BCUT2D eigenvalue weighted by Gasteiger charge is -2.45. The first-order valence-electron chi connectivity index (χ1n) is 8.65. The first-order chi connectivity index (χ1) is 11.9. The maximum atomic E-state index is 13.0. The molecule has 0 aliphatic carbocycles. The van der Waals surface area contributed by atoms with Crippen LogP contribution in [0.2, 0.25) is 0 Å². The minimum Gasteiger partial charge on any atom is -0.396 e. The molecule has 1 fully saturated rings. The first kappa shape index (κ1) is 18.1. The highest BCUT2D eigenvalue weighted by Crippen LogP contribution is 2.36. The molecule has 4 N–H and O–H groups in total. The average molecular weight is 363 g/mol. The third-order valence-corrected chi connectivity index (χ3v) is 6.02. The van der Waals surface area contributed by atoms with Crippen molar-refractivity contribution < 1.29 is 15.0 Å². The maximum absolute atomic E-state index is 13.0.